The lowest BCUT2D eigenvalue weighted by Crippen LogP contribution is -2.28. The molecule has 0 amide bonds. The summed E-state index contributed by atoms with van der Waals surface area (Å²) in [4.78, 5) is 18.2. The fourth-order valence-electron chi connectivity index (χ4n) is 1.94. The Balaban J connectivity index is 2.22. The van der Waals surface area contributed by atoms with E-state index in [1.165, 1.54) is 0 Å². The first kappa shape index (κ1) is 12.6. The molecule has 0 aliphatic heterocycles. The normalized spacial score (nSPS) is 13.7. The molecule has 0 saturated heterocycles. The first-order valence-corrected chi connectivity index (χ1v) is 5.82. The maximum absolute atomic E-state index is 11.1. The van der Waals surface area contributed by atoms with Crippen LogP contribution in [0.15, 0.2) is 24.5 Å². The van der Waals surface area contributed by atoms with Crippen molar-refractivity contribution in [2.24, 2.45) is 11.1 Å². The van der Waals surface area contributed by atoms with Gasteiger partial charge in [0, 0.05) is 6.04 Å². The molecule has 5 heteroatoms. The third-order valence-corrected chi connectivity index (χ3v) is 3.18. The number of nitrogens with one attached hydrogen (secondary N) is 1. The van der Waals surface area contributed by atoms with Crippen molar-refractivity contribution in [2.45, 2.75) is 26.3 Å². The molecule has 5 nitrogen and oxygen atoms in total. The fraction of sp³-hybridized carbons (Fsp3) is 0.385. The van der Waals surface area contributed by atoms with E-state index in [-0.39, 0.29) is 6.04 Å². The second-order valence-electron chi connectivity index (χ2n) is 5.18. The Labute approximate surface area is 105 Å². The summed E-state index contributed by atoms with van der Waals surface area (Å²) in [6, 6.07) is 5.40. The van der Waals surface area contributed by atoms with E-state index in [2.05, 4.69) is 9.97 Å². The molecule has 0 saturated carbocycles. The molecule has 0 bridgehead atoms. The highest BCUT2D eigenvalue weighted by atomic mass is 16.4. The molecule has 4 N–H and O–H groups in total. The predicted octanol–water partition coefficient (Wildman–Crippen LogP) is 2.06. The number of H-pyrrole nitrogens is 1. The van der Waals surface area contributed by atoms with Crippen LogP contribution in [0.2, 0.25) is 0 Å². The number of carboxylic acid groups (broad SMARTS) is 1. The molecule has 0 spiro atoms. The number of carboxylic acids is 1. The number of rotatable bonds is 4. The van der Waals surface area contributed by atoms with Gasteiger partial charge in [-0.1, -0.05) is 6.07 Å². The maximum Gasteiger partial charge on any atom is 0.309 e. The summed E-state index contributed by atoms with van der Waals surface area (Å²) in [5.41, 5.74) is 7.96. The van der Waals surface area contributed by atoms with Gasteiger partial charge in [-0.15, -0.1) is 0 Å². The molecule has 1 atom stereocenters. The van der Waals surface area contributed by atoms with Gasteiger partial charge < -0.3 is 15.8 Å². The van der Waals surface area contributed by atoms with Crippen LogP contribution in [-0.4, -0.2) is 21.0 Å². The molecule has 1 heterocycles. The minimum atomic E-state index is -0.833. The van der Waals surface area contributed by atoms with E-state index >= 15 is 0 Å². The summed E-state index contributed by atoms with van der Waals surface area (Å²) < 4.78 is 0. The molecule has 2 rings (SSSR count). The molecular weight excluding hydrogens is 230 g/mol. The fourth-order valence-corrected chi connectivity index (χ4v) is 1.94. The lowest BCUT2D eigenvalue weighted by atomic mass is 9.84. The van der Waals surface area contributed by atoms with Crippen molar-refractivity contribution in [2.75, 3.05) is 0 Å². The predicted molar refractivity (Wildman–Crippen MR) is 69.1 cm³/mol. The van der Waals surface area contributed by atoms with Gasteiger partial charge in [0.25, 0.3) is 0 Å². The second kappa shape index (κ2) is 4.42. The van der Waals surface area contributed by atoms with Crippen LogP contribution in [0.4, 0.5) is 0 Å². The highest BCUT2D eigenvalue weighted by molar-refractivity contribution is 5.75. The summed E-state index contributed by atoms with van der Waals surface area (Å²) in [5.74, 6) is -0.833. The van der Waals surface area contributed by atoms with E-state index in [9.17, 15) is 4.79 Å². The zero-order valence-corrected chi connectivity index (χ0v) is 10.5. The van der Waals surface area contributed by atoms with Crippen molar-refractivity contribution in [3.63, 3.8) is 0 Å². The van der Waals surface area contributed by atoms with Crippen LogP contribution in [0.25, 0.3) is 11.0 Å². The molecule has 1 aromatic carbocycles. The summed E-state index contributed by atoms with van der Waals surface area (Å²) in [7, 11) is 0. The number of carbonyl (C=O) groups is 1. The molecule has 1 unspecified atom stereocenters. The highest BCUT2D eigenvalue weighted by Crippen LogP contribution is 2.29. The van der Waals surface area contributed by atoms with Crippen LogP contribution >= 0.6 is 0 Å². The van der Waals surface area contributed by atoms with Gasteiger partial charge in [-0.3, -0.25) is 4.79 Å². The molecule has 1 aromatic heterocycles. The number of nitrogens with zero attached hydrogens (tertiary/aromatic N) is 1. The van der Waals surface area contributed by atoms with E-state index in [1.807, 2.05) is 18.2 Å². The Bertz CT molecular complexity index is 574. The van der Waals surface area contributed by atoms with Crippen molar-refractivity contribution in [1.29, 1.82) is 0 Å². The van der Waals surface area contributed by atoms with Crippen LogP contribution in [0.3, 0.4) is 0 Å². The standard InChI is InChI=1S/C13H17N3O2/c1-13(2,12(17)18)6-9(14)8-3-4-10-11(5-8)16-7-15-10/h3-5,7,9H,6,14H2,1-2H3,(H,15,16)(H,17,18). The van der Waals surface area contributed by atoms with Crippen molar-refractivity contribution in [3.8, 4) is 0 Å². The monoisotopic (exact) mass is 247 g/mol. The Morgan fingerprint density at radius 3 is 2.94 bits per heavy atom. The number of nitrogens with two attached hydrogens (primary N) is 1. The van der Waals surface area contributed by atoms with Gasteiger partial charge in [0.2, 0.25) is 0 Å². The van der Waals surface area contributed by atoms with Crippen LogP contribution in [0.5, 0.6) is 0 Å². The van der Waals surface area contributed by atoms with Crippen LogP contribution in [0, 0.1) is 5.41 Å². The van der Waals surface area contributed by atoms with Crippen molar-refractivity contribution in [1.82, 2.24) is 9.97 Å². The number of imidazole rings is 1. The van der Waals surface area contributed by atoms with Crippen LogP contribution < -0.4 is 5.73 Å². The Morgan fingerprint density at radius 1 is 1.56 bits per heavy atom. The zero-order valence-electron chi connectivity index (χ0n) is 10.5. The van der Waals surface area contributed by atoms with Gasteiger partial charge >= 0.3 is 5.97 Å². The topological polar surface area (TPSA) is 92.0 Å². The molecule has 0 aliphatic rings. The summed E-state index contributed by atoms with van der Waals surface area (Å²) >= 11 is 0. The summed E-state index contributed by atoms with van der Waals surface area (Å²) in [6.45, 7) is 3.37. The van der Waals surface area contributed by atoms with Gasteiger partial charge in [-0.2, -0.15) is 0 Å². The lowest BCUT2D eigenvalue weighted by Gasteiger charge is -2.23. The smallest absolute Gasteiger partial charge is 0.309 e. The summed E-state index contributed by atoms with van der Waals surface area (Å²) in [5, 5.41) is 9.10. The lowest BCUT2D eigenvalue weighted by molar-refractivity contribution is -0.147. The SMILES string of the molecule is CC(C)(CC(N)c1ccc2nc[nH]c2c1)C(=O)O. The van der Waals surface area contributed by atoms with Gasteiger partial charge in [0.1, 0.15) is 0 Å². The largest absolute Gasteiger partial charge is 0.481 e. The van der Waals surface area contributed by atoms with Crippen LogP contribution in [0.1, 0.15) is 31.9 Å². The minimum Gasteiger partial charge on any atom is -0.481 e. The molecule has 2 aromatic rings. The number of benzene rings is 1. The third-order valence-electron chi connectivity index (χ3n) is 3.18. The Morgan fingerprint density at radius 2 is 2.28 bits per heavy atom. The van der Waals surface area contributed by atoms with Gasteiger partial charge in [0.05, 0.1) is 22.8 Å². The average Bonchev–Trinajstić information content (AvgIpc) is 2.74. The maximum atomic E-state index is 11.1. The first-order chi connectivity index (χ1) is 8.40. The van der Waals surface area contributed by atoms with E-state index in [0.717, 1.165) is 16.6 Å². The zero-order chi connectivity index (χ0) is 13.3. The number of aromatic nitrogens is 2. The third kappa shape index (κ3) is 2.36. The van der Waals surface area contributed by atoms with Gasteiger partial charge in [-0.05, 0) is 38.0 Å². The van der Waals surface area contributed by atoms with Gasteiger partial charge in [0.15, 0.2) is 0 Å². The number of aliphatic carboxylic acids is 1. The quantitative estimate of drug-likeness (QED) is 0.771. The number of hydrogen-bond donors (Lipinski definition) is 3. The molecule has 18 heavy (non-hydrogen) atoms. The van der Waals surface area contributed by atoms with Gasteiger partial charge in [-0.25, -0.2) is 4.98 Å². The molecule has 96 valence electrons. The minimum absolute atomic E-state index is 0.302. The summed E-state index contributed by atoms with van der Waals surface area (Å²) in [6.07, 6.45) is 2.02. The first-order valence-electron chi connectivity index (χ1n) is 5.82. The number of fused-ring (bicyclic) bond motifs is 1. The van der Waals surface area contributed by atoms with E-state index in [0.29, 0.717) is 6.42 Å². The van der Waals surface area contributed by atoms with E-state index in [4.69, 9.17) is 10.8 Å². The number of hydrogen-bond acceptors (Lipinski definition) is 3. The van der Waals surface area contributed by atoms with Crippen LogP contribution in [-0.2, 0) is 4.79 Å². The van der Waals surface area contributed by atoms with Crippen molar-refractivity contribution in [3.05, 3.63) is 30.1 Å². The average molecular weight is 247 g/mol. The highest BCUT2D eigenvalue weighted by Gasteiger charge is 2.29. The van der Waals surface area contributed by atoms with E-state index < -0.39 is 11.4 Å². The molecular formula is C13H17N3O2. The van der Waals surface area contributed by atoms with E-state index in [1.54, 1.807) is 20.2 Å². The van der Waals surface area contributed by atoms with Crippen molar-refractivity contribution < 1.29 is 9.90 Å². The van der Waals surface area contributed by atoms with Crippen molar-refractivity contribution >= 4 is 17.0 Å². The number of aromatic amines is 1. The molecule has 0 fully saturated rings. The molecule has 0 radical (unpaired) electrons. The second-order valence-corrected chi connectivity index (χ2v) is 5.18. The molecule has 0 aliphatic carbocycles. The Kier molecular flexibility index (Phi) is 3.09. The Hall–Kier alpha value is -1.88.